The van der Waals surface area contributed by atoms with Crippen molar-refractivity contribution in [3.05, 3.63) is 64.4 Å². The van der Waals surface area contributed by atoms with E-state index in [4.69, 9.17) is 0 Å². The van der Waals surface area contributed by atoms with E-state index in [1.54, 1.807) is 6.07 Å². The van der Waals surface area contributed by atoms with Crippen molar-refractivity contribution in [2.45, 2.75) is 37.6 Å². The third-order valence-corrected chi connectivity index (χ3v) is 4.76. The molecule has 0 aromatic heterocycles. The van der Waals surface area contributed by atoms with Crippen molar-refractivity contribution in [2.24, 2.45) is 0 Å². The Bertz CT molecular complexity index is 599. The van der Waals surface area contributed by atoms with Gasteiger partial charge in [0.2, 0.25) is 0 Å². The molecule has 1 N–H and O–H groups in total. The van der Waals surface area contributed by atoms with Gasteiger partial charge in [0, 0.05) is 16.4 Å². The minimum Gasteiger partial charge on any atom is -0.379 e. The summed E-state index contributed by atoms with van der Waals surface area (Å²) in [6.07, 6.45) is 4.71. The SMILES string of the molecule is Fc1ccc(Br)cc1NC1CCCCC1c1ccccc1. The van der Waals surface area contributed by atoms with E-state index in [1.165, 1.54) is 24.5 Å². The van der Waals surface area contributed by atoms with Crippen LogP contribution in [0.4, 0.5) is 10.1 Å². The van der Waals surface area contributed by atoms with E-state index in [2.05, 4.69) is 45.5 Å². The van der Waals surface area contributed by atoms with Crippen LogP contribution in [0.1, 0.15) is 37.2 Å². The predicted octanol–water partition coefficient (Wildman–Crippen LogP) is 5.73. The Morgan fingerprint density at radius 3 is 2.57 bits per heavy atom. The molecule has 0 radical (unpaired) electrons. The van der Waals surface area contributed by atoms with Crippen molar-refractivity contribution in [3.63, 3.8) is 0 Å². The molecule has 0 saturated heterocycles. The van der Waals surface area contributed by atoms with E-state index in [0.717, 1.165) is 17.3 Å². The molecule has 3 heteroatoms. The van der Waals surface area contributed by atoms with Crippen molar-refractivity contribution in [2.75, 3.05) is 5.32 Å². The van der Waals surface area contributed by atoms with Crippen LogP contribution in [0.25, 0.3) is 0 Å². The maximum atomic E-state index is 14.0. The van der Waals surface area contributed by atoms with Crippen LogP contribution < -0.4 is 5.32 Å². The fraction of sp³-hybridized carbons (Fsp3) is 0.333. The summed E-state index contributed by atoms with van der Waals surface area (Å²) in [5.74, 6) is 0.272. The summed E-state index contributed by atoms with van der Waals surface area (Å²) in [5, 5.41) is 3.43. The van der Waals surface area contributed by atoms with Gasteiger partial charge < -0.3 is 5.32 Å². The van der Waals surface area contributed by atoms with Gasteiger partial charge in [-0.3, -0.25) is 0 Å². The summed E-state index contributed by atoms with van der Waals surface area (Å²) in [6.45, 7) is 0. The molecule has 21 heavy (non-hydrogen) atoms. The fourth-order valence-corrected chi connectivity index (χ4v) is 3.57. The lowest BCUT2D eigenvalue weighted by Crippen LogP contribution is -2.31. The standard InChI is InChI=1S/C18H19BrFN/c19-14-10-11-16(20)18(12-14)21-17-9-5-4-8-15(17)13-6-2-1-3-7-13/h1-3,6-7,10-12,15,17,21H,4-5,8-9H2. The first kappa shape index (κ1) is 14.6. The molecule has 1 fully saturated rings. The molecular formula is C18H19BrFN. The lowest BCUT2D eigenvalue weighted by Gasteiger charge is -2.33. The van der Waals surface area contributed by atoms with Gasteiger partial charge in [0.1, 0.15) is 5.82 Å². The van der Waals surface area contributed by atoms with E-state index in [-0.39, 0.29) is 5.82 Å². The van der Waals surface area contributed by atoms with Crippen molar-refractivity contribution in [3.8, 4) is 0 Å². The highest BCUT2D eigenvalue weighted by atomic mass is 79.9. The Hall–Kier alpha value is -1.35. The average molecular weight is 348 g/mol. The van der Waals surface area contributed by atoms with Gasteiger partial charge in [0.05, 0.1) is 5.69 Å². The molecule has 1 saturated carbocycles. The minimum absolute atomic E-state index is 0.185. The van der Waals surface area contributed by atoms with Gasteiger partial charge in [-0.2, -0.15) is 0 Å². The highest BCUT2D eigenvalue weighted by Gasteiger charge is 2.26. The molecule has 1 nitrogen and oxygen atoms in total. The predicted molar refractivity (Wildman–Crippen MR) is 89.2 cm³/mol. The van der Waals surface area contributed by atoms with E-state index in [9.17, 15) is 4.39 Å². The van der Waals surface area contributed by atoms with Crippen molar-refractivity contribution >= 4 is 21.6 Å². The van der Waals surface area contributed by atoms with Gasteiger partial charge >= 0.3 is 0 Å². The van der Waals surface area contributed by atoms with Crippen LogP contribution in [0.3, 0.4) is 0 Å². The molecule has 0 aliphatic heterocycles. The Morgan fingerprint density at radius 2 is 1.76 bits per heavy atom. The highest BCUT2D eigenvalue weighted by molar-refractivity contribution is 9.10. The maximum Gasteiger partial charge on any atom is 0.146 e. The molecule has 3 rings (SSSR count). The summed E-state index contributed by atoms with van der Waals surface area (Å²) in [5.41, 5.74) is 1.95. The number of nitrogens with one attached hydrogen (secondary N) is 1. The Kier molecular flexibility index (Phi) is 4.59. The molecule has 2 atom stereocenters. The molecule has 1 aliphatic carbocycles. The highest BCUT2D eigenvalue weighted by Crippen LogP contribution is 2.35. The molecule has 2 unspecified atom stereocenters. The topological polar surface area (TPSA) is 12.0 Å². The monoisotopic (exact) mass is 347 g/mol. The molecule has 1 aliphatic rings. The molecule has 0 spiro atoms. The number of halogens is 2. The summed E-state index contributed by atoms with van der Waals surface area (Å²) in [4.78, 5) is 0. The summed E-state index contributed by atoms with van der Waals surface area (Å²) < 4.78 is 14.9. The van der Waals surface area contributed by atoms with Crippen LogP contribution in [0.5, 0.6) is 0 Å². The third-order valence-electron chi connectivity index (χ3n) is 4.26. The normalized spacial score (nSPS) is 22.0. The fourth-order valence-electron chi connectivity index (χ4n) is 3.21. The van der Waals surface area contributed by atoms with Crippen LogP contribution in [0.2, 0.25) is 0 Å². The lowest BCUT2D eigenvalue weighted by molar-refractivity contribution is 0.404. The Balaban J connectivity index is 1.83. The van der Waals surface area contributed by atoms with Crippen LogP contribution in [-0.4, -0.2) is 6.04 Å². The summed E-state index contributed by atoms with van der Waals surface area (Å²) >= 11 is 3.41. The number of hydrogen-bond donors (Lipinski definition) is 1. The molecule has 0 amide bonds. The third kappa shape index (κ3) is 3.46. The molecule has 2 aromatic carbocycles. The summed E-state index contributed by atoms with van der Waals surface area (Å²) in [6, 6.07) is 15.9. The number of rotatable bonds is 3. The van der Waals surface area contributed by atoms with Gasteiger partial charge in [-0.25, -0.2) is 4.39 Å². The zero-order chi connectivity index (χ0) is 14.7. The van der Waals surface area contributed by atoms with Crippen molar-refractivity contribution in [1.29, 1.82) is 0 Å². The molecule has 110 valence electrons. The average Bonchev–Trinajstić information content (AvgIpc) is 2.52. The number of hydrogen-bond acceptors (Lipinski definition) is 1. The zero-order valence-corrected chi connectivity index (χ0v) is 13.4. The quantitative estimate of drug-likeness (QED) is 0.747. The molecule has 0 heterocycles. The van der Waals surface area contributed by atoms with Gasteiger partial charge in [0.25, 0.3) is 0 Å². The van der Waals surface area contributed by atoms with Crippen LogP contribution in [0, 0.1) is 5.82 Å². The van der Waals surface area contributed by atoms with E-state index >= 15 is 0 Å². The van der Waals surface area contributed by atoms with Crippen LogP contribution >= 0.6 is 15.9 Å². The van der Waals surface area contributed by atoms with E-state index in [1.807, 2.05) is 12.1 Å². The molecule has 2 aromatic rings. The lowest BCUT2D eigenvalue weighted by atomic mass is 9.80. The van der Waals surface area contributed by atoms with Gasteiger partial charge in [0.15, 0.2) is 0 Å². The first-order valence-electron chi connectivity index (χ1n) is 7.50. The van der Waals surface area contributed by atoms with E-state index in [0.29, 0.717) is 17.6 Å². The summed E-state index contributed by atoms with van der Waals surface area (Å²) in [7, 11) is 0. The zero-order valence-electron chi connectivity index (χ0n) is 11.9. The first-order chi connectivity index (χ1) is 10.2. The second-order valence-corrected chi connectivity index (χ2v) is 6.59. The Morgan fingerprint density at radius 1 is 1.00 bits per heavy atom. The van der Waals surface area contributed by atoms with Gasteiger partial charge in [-0.15, -0.1) is 0 Å². The Labute approximate surface area is 133 Å². The first-order valence-corrected chi connectivity index (χ1v) is 8.30. The molecular weight excluding hydrogens is 329 g/mol. The van der Waals surface area contributed by atoms with Crippen molar-refractivity contribution < 1.29 is 4.39 Å². The van der Waals surface area contributed by atoms with E-state index < -0.39 is 0 Å². The minimum atomic E-state index is -0.185. The second-order valence-electron chi connectivity index (χ2n) is 5.68. The second kappa shape index (κ2) is 6.61. The van der Waals surface area contributed by atoms with Gasteiger partial charge in [-0.1, -0.05) is 59.1 Å². The molecule has 0 bridgehead atoms. The number of benzene rings is 2. The van der Waals surface area contributed by atoms with Crippen molar-refractivity contribution in [1.82, 2.24) is 0 Å². The number of anilines is 1. The van der Waals surface area contributed by atoms with Crippen LogP contribution in [-0.2, 0) is 0 Å². The smallest absolute Gasteiger partial charge is 0.146 e. The van der Waals surface area contributed by atoms with Crippen LogP contribution in [0.15, 0.2) is 53.0 Å². The van der Waals surface area contributed by atoms with Gasteiger partial charge in [-0.05, 0) is 36.6 Å². The largest absolute Gasteiger partial charge is 0.379 e. The maximum absolute atomic E-state index is 14.0.